The first kappa shape index (κ1) is 14.7. The molecule has 6 heteroatoms. The molecule has 108 valence electrons. The number of hydrogen-bond acceptors (Lipinski definition) is 4. The summed E-state index contributed by atoms with van der Waals surface area (Å²) in [5, 5.41) is 0.993. The van der Waals surface area contributed by atoms with E-state index in [1.54, 1.807) is 4.90 Å². The van der Waals surface area contributed by atoms with Crippen LogP contribution in [0.2, 0.25) is 0 Å². The molecule has 2 rings (SSSR count). The van der Waals surface area contributed by atoms with Crippen molar-refractivity contribution >= 4 is 28.3 Å². The number of carbonyl (C=O) groups is 1. The molecule has 0 atom stereocenters. The van der Waals surface area contributed by atoms with Gasteiger partial charge in [-0.3, -0.25) is 4.79 Å². The molecule has 1 amide bonds. The number of aromatic nitrogens is 1. The first-order valence-corrected chi connectivity index (χ1v) is 7.35. The molecule has 0 spiro atoms. The van der Waals surface area contributed by atoms with Crippen LogP contribution in [0.3, 0.4) is 0 Å². The number of anilines is 1. The van der Waals surface area contributed by atoms with E-state index in [1.165, 1.54) is 17.6 Å². The Hall–Kier alpha value is -1.69. The topological polar surface area (TPSA) is 36.4 Å². The third-order valence-corrected chi connectivity index (χ3v) is 4.38. The summed E-state index contributed by atoms with van der Waals surface area (Å²) < 4.78 is 17.5. The van der Waals surface area contributed by atoms with Crippen LogP contribution in [0.1, 0.15) is 18.2 Å². The van der Waals surface area contributed by atoms with E-state index in [1.807, 2.05) is 6.92 Å². The molecule has 0 bridgehead atoms. The van der Waals surface area contributed by atoms with Crippen LogP contribution in [-0.2, 0) is 11.2 Å². The van der Waals surface area contributed by atoms with Crippen molar-refractivity contribution < 1.29 is 9.18 Å². The standard InChI is InChI=1S/C14H18FN3OS/c1-4-11-13(10(3)15)16-20-14(11)18-8-6-17(7-9-18)12(19)5-2/h5H,2-4,6-9H2,1H3. The van der Waals surface area contributed by atoms with Gasteiger partial charge in [-0.2, -0.15) is 4.37 Å². The van der Waals surface area contributed by atoms with Gasteiger partial charge in [0.25, 0.3) is 0 Å². The van der Waals surface area contributed by atoms with E-state index in [9.17, 15) is 9.18 Å². The quantitative estimate of drug-likeness (QED) is 0.801. The highest BCUT2D eigenvalue weighted by Gasteiger charge is 2.24. The molecule has 2 heterocycles. The van der Waals surface area contributed by atoms with E-state index in [0.29, 0.717) is 18.8 Å². The van der Waals surface area contributed by atoms with Crippen molar-refractivity contribution in [3.05, 3.63) is 30.5 Å². The van der Waals surface area contributed by atoms with Crippen molar-refractivity contribution in [1.29, 1.82) is 0 Å². The largest absolute Gasteiger partial charge is 0.358 e. The van der Waals surface area contributed by atoms with Gasteiger partial charge in [-0.1, -0.05) is 20.1 Å². The zero-order chi connectivity index (χ0) is 14.7. The number of rotatable bonds is 4. The van der Waals surface area contributed by atoms with Gasteiger partial charge in [-0.05, 0) is 24.0 Å². The Balaban J connectivity index is 2.13. The van der Waals surface area contributed by atoms with E-state index in [2.05, 4.69) is 22.4 Å². The summed E-state index contributed by atoms with van der Waals surface area (Å²) in [6.45, 7) is 11.6. The molecule has 1 aliphatic heterocycles. The second-order valence-electron chi connectivity index (χ2n) is 4.59. The van der Waals surface area contributed by atoms with Crippen molar-refractivity contribution in [2.75, 3.05) is 31.1 Å². The number of carbonyl (C=O) groups excluding carboxylic acids is 1. The normalized spacial score (nSPS) is 15.3. The third kappa shape index (κ3) is 2.75. The minimum Gasteiger partial charge on any atom is -0.358 e. The predicted molar refractivity (Wildman–Crippen MR) is 80.6 cm³/mol. The van der Waals surface area contributed by atoms with Crippen molar-refractivity contribution in [2.45, 2.75) is 13.3 Å². The summed E-state index contributed by atoms with van der Waals surface area (Å²) in [6.07, 6.45) is 2.06. The van der Waals surface area contributed by atoms with E-state index >= 15 is 0 Å². The first-order valence-electron chi connectivity index (χ1n) is 6.58. The Morgan fingerprint density at radius 3 is 2.60 bits per heavy atom. The second-order valence-corrected chi connectivity index (χ2v) is 5.34. The third-order valence-electron chi connectivity index (χ3n) is 3.43. The highest BCUT2D eigenvalue weighted by atomic mass is 32.1. The Labute approximate surface area is 122 Å². The monoisotopic (exact) mass is 295 g/mol. The highest BCUT2D eigenvalue weighted by Crippen LogP contribution is 2.33. The van der Waals surface area contributed by atoms with Crippen LogP contribution in [0.25, 0.3) is 5.83 Å². The molecular formula is C14H18FN3OS. The number of piperazine rings is 1. The molecule has 0 aromatic carbocycles. The van der Waals surface area contributed by atoms with Gasteiger partial charge in [0, 0.05) is 31.7 Å². The van der Waals surface area contributed by atoms with Gasteiger partial charge < -0.3 is 9.80 Å². The van der Waals surface area contributed by atoms with E-state index in [4.69, 9.17) is 0 Å². The second kappa shape index (κ2) is 6.17. The van der Waals surface area contributed by atoms with Crippen molar-refractivity contribution in [3.63, 3.8) is 0 Å². The Kier molecular flexibility index (Phi) is 4.54. The zero-order valence-electron chi connectivity index (χ0n) is 11.6. The van der Waals surface area contributed by atoms with Crippen LogP contribution in [0.15, 0.2) is 19.2 Å². The maximum atomic E-state index is 13.3. The number of hydrogen-bond donors (Lipinski definition) is 0. The molecule has 1 aromatic heterocycles. The lowest BCUT2D eigenvalue weighted by molar-refractivity contribution is -0.126. The summed E-state index contributed by atoms with van der Waals surface area (Å²) in [4.78, 5) is 15.5. The van der Waals surface area contributed by atoms with Crippen LogP contribution < -0.4 is 4.90 Å². The molecule has 1 aromatic rings. The van der Waals surface area contributed by atoms with Gasteiger partial charge in [0.15, 0.2) is 0 Å². The van der Waals surface area contributed by atoms with Gasteiger partial charge in [0.1, 0.15) is 16.5 Å². The summed E-state index contributed by atoms with van der Waals surface area (Å²) in [5.41, 5.74) is 1.28. The molecule has 0 N–H and O–H groups in total. The maximum Gasteiger partial charge on any atom is 0.246 e. The molecule has 0 radical (unpaired) electrons. The molecule has 1 aliphatic rings. The number of amides is 1. The maximum absolute atomic E-state index is 13.3. The van der Waals surface area contributed by atoms with Gasteiger partial charge in [0.05, 0.1) is 0 Å². The van der Waals surface area contributed by atoms with Crippen LogP contribution in [0.5, 0.6) is 0 Å². The lowest BCUT2D eigenvalue weighted by Crippen LogP contribution is -2.48. The van der Waals surface area contributed by atoms with Crippen molar-refractivity contribution in [3.8, 4) is 0 Å². The fourth-order valence-corrected chi connectivity index (χ4v) is 3.38. The van der Waals surface area contributed by atoms with E-state index < -0.39 is 5.83 Å². The number of halogens is 1. The number of nitrogens with zero attached hydrogens (tertiary/aromatic N) is 3. The fraction of sp³-hybridized carbons (Fsp3) is 0.429. The summed E-state index contributed by atoms with van der Waals surface area (Å²) >= 11 is 1.30. The molecule has 0 saturated carbocycles. The first-order chi connectivity index (χ1) is 9.58. The lowest BCUT2D eigenvalue weighted by atomic mass is 10.1. The van der Waals surface area contributed by atoms with Crippen LogP contribution in [0.4, 0.5) is 9.39 Å². The molecule has 0 aliphatic carbocycles. The average Bonchev–Trinajstić information content (AvgIpc) is 2.90. The lowest BCUT2D eigenvalue weighted by Gasteiger charge is -2.35. The van der Waals surface area contributed by atoms with Gasteiger partial charge in [-0.15, -0.1) is 0 Å². The van der Waals surface area contributed by atoms with Crippen molar-refractivity contribution in [1.82, 2.24) is 9.27 Å². The summed E-state index contributed by atoms with van der Waals surface area (Å²) in [6, 6.07) is 0. The molecule has 1 fully saturated rings. The summed E-state index contributed by atoms with van der Waals surface area (Å²) in [7, 11) is 0. The fourth-order valence-electron chi connectivity index (χ4n) is 2.34. The molecule has 1 saturated heterocycles. The SMILES string of the molecule is C=CC(=O)N1CCN(c2snc(C(=C)F)c2CC)CC1. The van der Waals surface area contributed by atoms with Crippen LogP contribution in [0, 0.1) is 0 Å². The smallest absolute Gasteiger partial charge is 0.246 e. The molecule has 20 heavy (non-hydrogen) atoms. The molecule has 4 nitrogen and oxygen atoms in total. The molecular weight excluding hydrogens is 277 g/mol. The average molecular weight is 295 g/mol. The minimum absolute atomic E-state index is 0.0394. The zero-order valence-corrected chi connectivity index (χ0v) is 12.4. The minimum atomic E-state index is -0.482. The Morgan fingerprint density at radius 1 is 1.45 bits per heavy atom. The molecule has 0 unspecified atom stereocenters. The summed E-state index contributed by atoms with van der Waals surface area (Å²) in [5.74, 6) is -0.521. The predicted octanol–water partition coefficient (Wildman–Crippen LogP) is 2.48. The van der Waals surface area contributed by atoms with Crippen molar-refractivity contribution in [2.24, 2.45) is 0 Å². The van der Waals surface area contributed by atoms with Gasteiger partial charge in [0.2, 0.25) is 5.91 Å². The van der Waals surface area contributed by atoms with Gasteiger partial charge in [-0.25, -0.2) is 4.39 Å². The van der Waals surface area contributed by atoms with E-state index in [0.717, 1.165) is 30.1 Å². The van der Waals surface area contributed by atoms with E-state index in [-0.39, 0.29) is 5.91 Å². The highest BCUT2D eigenvalue weighted by molar-refractivity contribution is 7.10. The van der Waals surface area contributed by atoms with Crippen LogP contribution in [-0.4, -0.2) is 41.4 Å². The Bertz CT molecular complexity index is 533. The Morgan fingerprint density at radius 2 is 2.10 bits per heavy atom. The van der Waals surface area contributed by atoms with Crippen LogP contribution >= 0.6 is 11.5 Å². The van der Waals surface area contributed by atoms with Gasteiger partial charge >= 0.3 is 0 Å².